The first-order valence-corrected chi connectivity index (χ1v) is 7.78. The molecule has 1 amide bonds. The van der Waals surface area contributed by atoms with Crippen molar-refractivity contribution in [3.05, 3.63) is 42.0 Å². The monoisotopic (exact) mass is 299 g/mol. The van der Waals surface area contributed by atoms with Gasteiger partial charge in [-0.1, -0.05) is 6.92 Å². The molecule has 1 atom stereocenters. The Labute approximate surface area is 130 Å². The van der Waals surface area contributed by atoms with Gasteiger partial charge in [-0.15, -0.1) is 0 Å². The number of hydrogen-bond donors (Lipinski definition) is 0. The van der Waals surface area contributed by atoms with E-state index in [4.69, 9.17) is 0 Å². The summed E-state index contributed by atoms with van der Waals surface area (Å²) in [5, 5.41) is 0. The van der Waals surface area contributed by atoms with Gasteiger partial charge in [-0.25, -0.2) is 9.97 Å². The molecular formula is C16H21N5O. The summed E-state index contributed by atoms with van der Waals surface area (Å²) in [7, 11) is 0. The van der Waals surface area contributed by atoms with Crippen LogP contribution in [0.4, 0.5) is 0 Å². The van der Waals surface area contributed by atoms with Crippen molar-refractivity contribution in [3.63, 3.8) is 0 Å². The van der Waals surface area contributed by atoms with Crippen molar-refractivity contribution in [2.24, 2.45) is 0 Å². The summed E-state index contributed by atoms with van der Waals surface area (Å²) in [5.41, 5.74) is 1.24. The molecule has 22 heavy (non-hydrogen) atoms. The summed E-state index contributed by atoms with van der Waals surface area (Å²) in [6.45, 7) is 5.45. The lowest BCUT2D eigenvalue weighted by molar-refractivity contribution is 0.0671. The Morgan fingerprint density at radius 2 is 2.18 bits per heavy atom. The van der Waals surface area contributed by atoms with Crippen molar-refractivity contribution in [1.82, 2.24) is 24.4 Å². The van der Waals surface area contributed by atoms with Crippen molar-refractivity contribution < 1.29 is 4.79 Å². The van der Waals surface area contributed by atoms with Crippen molar-refractivity contribution >= 4 is 5.91 Å². The number of hydrogen-bond acceptors (Lipinski definition) is 4. The van der Waals surface area contributed by atoms with E-state index < -0.39 is 0 Å². The minimum absolute atomic E-state index is 0.0321. The Morgan fingerprint density at radius 3 is 2.91 bits per heavy atom. The molecule has 116 valence electrons. The zero-order chi connectivity index (χ0) is 15.5. The predicted octanol–water partition coefficient (Wildman–Crippen LogP) is 2.02. The van der Waals surface area contributed by atoms with Gasteiger partial charge in [0.1, 0.15) is 11.5 Å². The van der Waals surface area contributed by atoms with Crippen LogP contribution in [-0.2, 0) is 6.42 Å². The van der Waals surface area contributed by atoms with Gasteiger partial charge >= 0.3 is 0 Å². The lowest BCUT2D eigenvalue weighted by atomic mass is 10.0. The van der Waals surface area contributed by atoms with Crippen LogP contribution in [0.2, 0.25) is 0 Å². The molecule has 0 saturated carbocycles. The maximum atomic E-state index is 12.6. The molecule has 0 aliphatic carbocycles. The van der Waals surface area contributed by atoms with Crippen LogP contribution in [0.3, 0.4) is 0 Å². The Kier molecular flexibility index (Phi) is 4.18. The highest BCUT2D eigenvalue weighted by atomic mass is 16.2. The summed E-state index contributed by atoms with van der Waals surface area (Å²) >= 11 is 0. The molecule has 6 heteroatoms. The van der Waals surface area contributed by atoms with Crippen LogP contribution in [0.5, 0.6) is 0 Å². The van der Waals surface area contributed by atoms with Crippen LogP contribution in [-0.4, -0.2) is 43.4 Å². The number of rotatable bonds is 3. The molecule has 6 nitrogen and oxygen atoms in total. The van der Waals surface area contributed by atoms with Crippen molar-refractivity contribution in [1.29, 1.82) is 0 Å². The summed E-state index contributed by atoms with van der Waals surface area (Å²) in [5.74, 6) is 1.05. The first-order valence-electron chi connectivity index (χ1n) is 7.78. The van der Waals surface area contributed by atoms with Gasteiger partial charge in [0.25, 0.3) is 5.91 Å². The van der Waals surface area contributed by atoms with E-state index in [-0.39, 0.29) is 5.91 Å². The second-order valence-electron chi connectivity index (χ2n) is 5.69. The minimum atomic E-state index is -0.0321. The van der Waals surface area contributed by atoms with E-state index in [2.05, 4.69) is 26.4 Å². The third-order valence-electron chi connectivity index (χ3n) is 4.14. The quantitative estimate of drug-likeness (QED) is 0.870. The Hall–Kier alpha value is -2.24. The van der Waals surface area contributed by atoms with Gasteiger partial charge in [0.15, 0.2) is 0 Å². The third kappa shape index (κ3) is 2.86. The number of carbonyl (C=O) groups excluding carboxylic acids is 1. The number of carbonyl (C=O) groups is 1. The lowest BCUT2D eigenvalue weighted by Crippen LogP contribution is -2.41. The molecule has 0 spiro atoms. The van der Waals surface area contributed by atoms with E-state index >= 15 is 0 Å². The highest BCUT2D eigenvalue weighted by Gasteiger charge is 2.27. The molecule has 1 aliphatic rings. The average molecular weight is 299 g/mol. The largest absolute Gasteiger partial charge is 0.335 e. The molecule has 3 rings (SSSR count). The zero-order valence-corrected chi connectivity index (χ0v) is 13.1. The number of piperidine rings is 1. The summed E-state index contributed by atoms with van der Waals surface area (Å²) in [6, 6.07) is 0.300. The molecule has 0 unspecified atom stereocenters. The summed E-state index contributed by atoms with van der Waals surface area (Å²) < 4.78 is 2.21. The van der Waals surface area contributed by atoms with E-state index in [0.717, 1.165) is 37.3 Å². The minimum Gasteiger partial charge on any atom is -0.335 e. The number of nitrogens with zero attached hydrogens (tertiary/aromatic N) is 5. The van der Waals surface area contributed by atoms with E-state index in [1.165, 1.54) is 0 Å². The van der Waals surface area contributed by atoms with Gasteiger partial charge in [-0.2, -0.15) is 0 Å². The summed E-state index contributed by atoms with van der Waals surface area (Å²) in [6.07, 6.45) is 10.0. The molecule has 1 saturated heterocycles. The second kappa shape index (κ2) is 6.25. The predicted molar refractivity (Wildman–Crippen MR) is 82.5 cm³/mol. The van der Waals surface area contributed by atoms with Crippen LogP contribution in [0, 0.1) is 6.92 Å². The molecule has 0 radical (unpaired) electrons. The fourth-order valence-electron chi connectivity index (χ4n) is 2.98. The molecule has 3 heterocycles. The normalized spacial score (nSPS) is 18.5. The van der Waals surface area contributed by atoms with E-state index in [9.17, 15) is 4.79 Å². The van der Waals surface area contributed by atoms with Gasteiger partial charge in [-0.3, -0.25) is 9.78 Å². The first kappa shape index (κ1) is 14.7. The third-order valence-corrected chi connectivity index (χ3v) is 4.14. The Morgan fingerprint density at radius 1 is 1.32 bits per heavy atom. The summed E-state index contributed by atoms with van der Waals surface area (Å²) in [4.78, 5) is 27.2. The van der Waals surface area contributed by atoms with E-state index in [0.29, 0.717) is 18.3 Å². The maximum absolute atomic E-state index is 12.6. The zero-order valence-electron chi connectivity index (χ0n) is 13.1. The molecular weight excluding hydrogens is 278 g/mol. The molecule has 2 aromatic rings. The second-order valence-corrected chi connectivity index (χ2v) is 5.69. The number of amides is 1. The van der Waals surface area contributed by atoms with Crippen LogP contribution < -0.4 is 0 Å². The van der Waals surface area contributed by atoms with Gasteiger partial charge in [0.2, 0.25) is 0 Å². The van der Waals surface area contributed by atoms with Gasteiger partial charge in [0, 0.05) is 38.1 Å². The molecule has 0 bridgehead atoms. The van der Waals surface area contributed by atoms with Gasteiger partial charge < -0.3 is 9.47 Å². The SMILES string of the molecule is CCc1nccn1[C@@H]1CCCN(C(=O)c2cnc(C)cn2)C1. The smallest absolute Gasteiger partial charge is 0.274 e. The first-order chi connectivity index (χ1) is 10.7. The van der Waals surface area contributed by atoms with E-state index in [1.54, 1.807) is 12.4 Å². The lowest BCUT2D eigenvalue weighted by Gasteiger charge is -2.33. The van der Waals surface area contributed by atoms with Crippen molar-refractivity contribution in [2.75, 3.05) is 13.1 Å². The van der Waals surface area contributed by atoms with Gasteiger partial charge in [0.05, 0.1) is 17.9 Å². The fraction of sp³-hybridized carbons (Fsp3) is 0.500. The van der Waals surface area contributed by atoms with Crippen LogP contribution in [0.15, 0.2) is 24.8 Å². The van der Waals surface area contributed by atoms with E-state index in [1.807, 2.05) is 24.2 Å². The number of likely N-dealkylation sites (tertiary alicyclic amines) is 1. The maximum Gasteiger partial charge on any atom is 0.274 e. The molecule has 1 aliphatic heterocycles. The Bertz CT molecular complexity index is 649. The van der Waals surface area contributed by atoms with Gasteiger partial charge in [-0.05, 0) is 19.8 Å². The topological polar surface area (TPSA) is 63.9 Å². The van der Waals surface area contributed by atoms with Crippen molar-refractivity contribution in [2.45, 2.75) is 39.2 Å². The van der Waals surface area contributed by atoms with Crippen molar-refractivity contribution in [3.8, 4) is 0 Å². The molecule has 2 aromatic heterocycles. The number of imidazole rings is 1. The van der Waals surface area contributed by atoms with Crippen LogP contribution in [0.1, 0.15) is 47.8 Å². The highest BCUT2D eigenvalue weighted by molar-refractivity contribution is 5.92. The standard InChI is InChI=1S/C16H21N5O/c1-3-15-17-6-8-21(15)13-5-4-7-20(11-13)16(22)14-10-18-12(2)9-19-14/h6,8-10,13H,3-5,7,11H2,1-2H3/t13-/m1/s1. The average Bonchev–Trinajstić information content (AvgIpc) is 3.04. The Balaban J connectivity index is 1.75. The number of aryl methyl sites for hydroxylation is 2. The van der Waals surface area contributed by atoms with Crippen LogP contribution in [0.25, 0.3) is 0 Å². The highest BCUT2D eigenvalue weighted by Crippen LogP contribution is 2.23. The van der Waals surface area contributed by atoms with Crippen LogP contribution >= 0.6 is 0 Å². The number of aromatic nitrogens is 4. The fourth-order valence-corrected chi connectivity index (χ4v) is 2.98. The molecule has 0 aromatic carbocycles. The molecule has 0 N–H and O–H groups in total. The molecule has 1 fully saturated rings.